The summed E-state index contributed by atoms with van der Waals surface area (Å²) in [5.74, 6) is 0.863. The van der Waals surface area contributed by atoms with Crippen LogP contribution in [0.2, 0.25) is 0 Å². The average molecular weight is 1120 g/mol. The first-order chi connectivity index (χ1) is 42.5. The number of hydrogen-bond donors (Lipinski definition) is 0. The summed E-state index contributed by atoms with van der Waals surface area (Å²) >= 11 is 0. The Morgan fingerprint density at radius 2 is 0.605 bits per heavy atom. The van der Waals surface area contributed by atoms with E-state index in [0.717, 1.165) is 213 Å². The molecule has 86 heavy (non-hydrogen) atoms. The minimum atomic E-state index is 0.779. The van der Waals surface area contributed by atoms with Crippen molar-refractivity contribution in [1.29, 1.82) is 0 Å². The molecular formula is C80H58O6. The molecule has 17 aromatic rings. The van der Waals surface area contributed by atoms with E-state index in [-0.39, 0.29) is 0 Å². The molecule has 0 aliphatic heterocycles. The Balaban J connectivity index is 0.00000297. The fourth-order valence-corrected chi connectivity index (χ4v) is 13.0. The molecular weight excluding hydrogens is 1060 g/mol. The zero-order valence-corrected chi connectivity index (χ0v) is 48.2. The average Bonchev–Trinajstić information content (AvgIpc) is 1.85. The number of rotatable bonds is 11. The zero-order valence-electron chi connectivity index (χ0n) is 48.2. The second-order valence-electron chi connectivity index (χ2n) is 22.3. The van der Waals surface area contributed by atoms with Crippen LogP contribution >= 0.6 is 0 Å². The molecule has 0 amide bonds. The summed E-state index contributed by atoms with van der Waals surface area (Å²) in [6.07, 6.45) is 12.9. The molecule has 0 fully saturated rings. The quantitative estimate of drug-likeness (QED) is 0.128. The van der Waals surface area contributed by atoms with Crippen LogP contribution in [0.5, 0.6) is 0 Å². The summed E-state index contributed by atoms with van der Waals surface area (Å²) in [6, 6.07) is 73.1. The number of fused-ring (bicyclic) bond motifs is 19. The van der Waals surface area contributed by atoms with E-state index in [1.165, 1.54) is 0 Å². The molecule has 0 aliphatic carbocycles. The fourth-order valence-electron chi connectivity index (χ4n) is 13.0. The van der Waals surface area contributed by atoms with Crippen molar-refractivity contribution in [2.24, 2.45) is 0 Å². The van der Waals surface area contributed by atoms with Crippen LogP contribution in [0.1, 0.15) is 64.7 Å². The van der Waals surface area contributed by atoms with Gasteiger partial charge in [-0.2, -0.15) is 0 Å². The molecule has 0 bridgehead atoms. The van der Waals surface area contributed by atoms with Gasteiger partial charge in [0.25, 0.3) is 0 Å². The van der Waals surface area contributed by atoms with Gasteiger partial charge in [-0.1, -0.05) is 150 Å². The Bertz CT molecular complexity index is 5320. The predicted molar refractivity (Wildman–Crippen MR) is 359 cm³/mol. The minimum absolute atomic E-state index is 0.779. The van der Waals surface area contributed by atoms with E-state index >= 15 is 0 Å². The van der Waals surface area contributed by atoms with Crippen LogP contribution in [0, 0.1) is 0 Å². The topological polar surface area (TPSA) is 78.8 Å². The highest BCUT2D eigenvalue weighted by Gasteiger charge is 2.23. The van der Waals surface area contributed by atoms with E-state index in [0.29, 0.717) is 0 Å². The molecule has 0 saturated carbocycles. The van der Waals surface area contributed by atoms with Crippen LogP contribution in [-0.4, -0.2) is 0 Å². The fraction of sp³-hybridized carbons (Fsp3) is 0.100. The molecule has 6 heterocycles. The molecule has 6 aromatic heterocycles. The predicted octanol–water partition coefficient (Wildman–Crippen LogP) is 24.9. The van der Waals surface area contributed by atoms with E-state index < -0.39 is 0 Å². The van der Waals surface area contributed by atoms with Crippen molar-refractivity contribution in [1.82, 2.24) is 0 Å². The second-order valence-corrected chi connectivity index (χ2v) is 22.3. The van der Waals surface area contributed by atoms with Gasteiger partial charge in [0, 0.05) is 48.7 Å². The molecule has 0 unspecified atom stereocenters. The van der Waals surface area contributed by atoms with Crippen LogP contribution in [0.4, 0.5) is 0 Å². The van der Waals surface area contributed by atoms with Gasteiger partial charge in [-0.15, -0.1) is 0 Å². The maximum Gasteiger partial charge on any atom is 0.147 e. The summed E-state index contributed by atoms with van der Waals surface area (Å²) in [5.41, 5.74) is 20.9. The third kappa shape index (κ3) is 8.30. The van der Waals surface area contributed by atoms with Crippen LogP contribution in [-0.2, 0) is 0 Å². The molecule has 11 aromatic carbocycles. The van der Waals surface area contributed by atoms with Gasteiger partial charge in [-0.25, -0.2) is 0 Å². The maximum absolute atomic E-state index is 6.88. The van der Waals surface area contributed by atoms with E-state index in [1.807, 2.05) is 26.0 Å². The summed E-state index contributed by atoms with van der Waals surface area (Å²) < 4.78 is 40.4. The number of benzene rings is 11. The molecule has 0 saturated heterocycles. The van der Waals surface area contributed by atoms with Gasteiger partial charge in [-0.3, -0.25) is 0 Å². The third-order valence-electron chi connectivity index (χ3n) is 17.1. The van der Waals surface area contributed by atoms with Gasteiger partial charge < -0.3 is 26.5 Å². The molecule has 6 heteroatoms. The van der Waals surface area contributed by atoms with E-state index in [1.54, 1.807) is 0 Å². The first-order valence-corrected chi connectivity index (χ1v) is 30.1. The second kappa shape index (κ2) is 20.6. The monoisotopic (exact) mass is 1110 g/mol. The van der Waals surface area contributed by atoms with Crippen LogP contribution < -0.4 is 0 Å². The lowest BCUT2D eigenvalue weighted by atomic mass is 9.91. The van der Waals surface area contributed by atoms with Crippen molar-refractivity contribution in [2.45, 2.75) is 53.4 Å². The van der Waals surface area contributed by atoms with Crippen LogP contribution in [0.3, 0.4) is 0 Å². The number of unbranched alkanes of at least 4 members (excludes halogenated alkanes) is 2. The van der Waals surface area contributed by atoms with Gasteiger partial charge in [0.05, 0.1) is 16.2 Å². The van der Waals surface area contributed by atoms with Crippen molar-refractivity contribution in [3.63, 3.8) is 0 Å². The van der Waals surface area contributed by atoms with Crippen molar-refractivity contribution >= 4 is 133 Å². The lowest BCUT2D eigenvalue weighted by Gasteiger charge is -2.12. The molecule has 0 atom stereocenters. The minimum Gasteiger partial charge on any atom is -0.456 e. The van der Waals surface area contributed by atoms with E-state index in [2.05, 4.69) is 232 Å². The van der Waals surface area contributed by atoms with Crippen molar-refractivity contribution < 1.29 is 26.5 Å². The molecule has 0 N–H and O–H groups in total. The summed E-state index contributed by atoms with van der Waals surface area (Å²) in [7, 11) is 0. The standard InChI is InChI=1S/C78H52O6.C2H6/c1-3-5-9-19-55-56-26-34-70-73(76(56)82-64(55)20-10-6-4-2)61-42-49(23-31-67(61)79-70)52-37-53(50-24-32-68-62(43-50)74-71(80-68)35-27-57-59-40-47(45-15-11-7-12-16-45)21-29-65(59)83-77(57)74)39-54(38-52)51-25-33-69-63(44-51)75-72(81-69)36-28-58-60-41-48(46-17-13-8-14-18-46)22-30-66(60)84-78(58)75;1-2/h7-44H,3-6H2,1-2H3;1-2H3/b19-9+,20-10-;. The van der Waals surface area contributed by atoms with Gasteiger partial charge in [0.2, 0.25) is 0 Å². The first-order valence-electron chi connectivity index (χ1n) is 30.1. The van der Waals surface area contributed by atoms with Crippen LogP contribution in [0.25, 0.3) is 188 Å². The Kier molecular flexibility index (Phi) is 12.3. The highest BCUT2D eigenvalue weighted by atomic mass is 16.4. The lowest BCUT2D eigenvalue weighted by molar-refractivity contribution is 0.605. The van der Waals surface area contributed by atoms with Gasteiger partial charge >= 0.3 is 0 Å². The molecule has 0 spiro atoms. The molecule has 0 aliphatic rings. The maximum atomic E-state index is 6.88. The summed E-state index contributed by atoms with van der Waals surface area (Å²) in [6.45, 7) is 8.40. The van der Waals surface area contributed by atoms with Crippen molar-refractivity contribution in [3.8, 4) is 55.6 Å². The smallest absolute Gasteiger partial charge is 0.147 e. The Labute approximate surface area is 495 Å². The largest absolute Gasteiger partial charge is 0.456 e. The SMILES string of the molecule is CC.CCC/C=C\c1oc2c(ccc3oc4ccc(-c5cc(-c6ccc7oc8ccc9c%10cc(-c%11ccccc%11)ccc%10oc9c8c7c6)cc(-c6ccc7oc8ccc9c%10cc(-c%11ccccc%11)ccc%10oc9c8c7c6)c5)cc4c32)c1/C=C/CCC. The molecule has 17 rings (SSSR count). The zero-order chi connectivity index (χ0) is 57.6. The first kappa shape index (κ1) is 51.1. The van der Waals surface area contributed by atoms with E-state index in [4.69, 9.17) is 26.5 Å². The van der Waals surface area contributed by atoms with Gasteiger partial charge in [0.15, 0.2) is 0 Å². The van der Waals surface area contributed by atoms with Crippen molar-refractivity contribution in [2.75, 3.05) is 0 Å². The normalized spacial score (nSPS) is 12.3. The van der Waals surface area contributed by atoms with Crippen LogP contribution in [0.15, 0.2) is 245 Å². The van der Waals surface area contributed by atoms with Gasteiger partial charge in [0.1, 0.15) is 67.2 Å². The number of furan rings is 6. The lowest BCUT2D eigenvalue weighted by Crippen LogP contribution is -1.87. The molecule has 414 valence electrons. The number of allylic oxidation sites excluding steroid dienone is 2. The Morgan fingerprint density at radius 1 is 0.267 bits per heavy atom. The highest BCUT2D eigenvalue weighted by Crippen LogP contribution is 2.46. The Morgan fingerprint density at radius 3 is 1.01 bits per heavy atom. The summed E-state index contributed by atoms with van der Waals surface area (Å²) in [5, 5.41) is 11.2. The van der Waals surface area contributed by atoms with Gasteiger partial charge in [-0.05, 0) is 190 Å². The highest BCUT2D eigenvalue weighted by molar-refractivity contribution is 6.25. The Hall–Kier alpha value is -10.6. The third-order valence-corrected chi connectivity index (χ3v) is 17.1. The van der Waals surface area contributed by atoms with E-state index in [9.17, 15) is 0 Å². The van der Waals surface area contributed by atoms with Crippen molar-refractivity contribution in [3.05, 3.63) is 230 Å². The summed E-state index contributed by atoms with van der Waals surface area (Å²) in [4.78, 5) is 0. The molecule has 0 radical (unpaired) electrons. The molecule has 6 nitrogen and oxygen atoms in total. The number of hydrogen-bond acceptors (Lipinski definition) is 6.